The van der Waals surface area contributed by atoms with Gasteiger partial charge in [-0.1, -0.05) is 0 Å². The monoisotopic (exact) mass is 275 g/mol. The van der Waals surface area contributed by atoms with Gasteiger partial charge in [0.25, 0.3) is 0 Å². The lowest BCUT2D eigenvalue weighted by molar-refractivity contribution is -0.120. The zero-order chi connectivity index (χ0) is 13.2. The van der Waals surface area contributed by atoms with E-state index in [1.54, 1.807) is 23.7 Å². The number of carbonyl (C=O) groups is 1. The van der Waals surface area contributed by atoms with E-state index in [-0.39, 0.29) is 5.91 Å². The lowest BCUT2D eigenvalue weighted by atomic mass is 10.3. The zero-order valence-electron chi connectivity index (χ0n) is 10.4. The van der Waals surface area contributed by atoms with Crippen LogP contribution in [0.2, 0.25) is 0 Å². The van der Waals surface area contributed by atoms with Crippen LogP contribution in [0.5, 0.6) is 0 Å². The SMILES string of the molecule is Cc1cn2c(CC(=O)NCc3ncc[nH]3)csc2n1. The first-order chi connectivity index (χ1) is 9.22. The topological polar surface area (TPSA) is 75.1 Å². The van der Waals surface area contributed by atoms with E-state index in [0.29, 0.717) is 13.0 Å². The summed E-state index contributed by atoms with van der Waals surface area (Å²) in [6, 6.07) is 0. The molecule has 0 aliphatic rings. The van der Waals surface area contributed by atoms with E-state index < -0.39 is 0 Å². The molecule has 0 spiro atoms. The molecule has 0 atom stereocenters. The van der Waals surface area contributed by atoms with E-state index in [0.717, 1.165) is 22.2 Å². The van der Waals surface area contributed by atoms with Crippen molar-refractivity contribution in [3.05, 3.63) is 41.2 Å². The molecule has 0 saturated carbocycles. The highest BCUT2D eigenvalue weighted by atomic mass is 32.1. The molecule has 0 aliphatic heterocycles. The molecule has 19 heavy (non-hydrogen) atoms. The standard InChI is InChI=1S/C12H13N5OS/c1-8-6-17-9(7-19-12(17)16-8)4-11(18)15-5-10-13-2-3-14-10/h2-3,6-7H,4-5H2,1H3,(H,13,14)(H,15,18). The molecule has 0 fully saturated rings. The number of fused-ring (bicyclic) bond motifs is 1. The number of aromatic nitrogens is 4. The van der Waals surface area contributed by atoms with Crippen LogP contribution in [0.25, 0.3) is 4.96 Å². The predicted octanol–water partition coefficient (Wildman–Crippen LogP) is 1.29. The number of aromatic amines is 1. The molecule has 0 aliphatic carbocycles. The van der Waals surface area contributed by atoms with Crippen molar-refractivity contribution in [2.45, 2.75) is 19.9 Å². The van der Waals surface area contributed by atoms with Crippen molar-refractivity contribution in [2.24, 2.45) is 0 Å². The molecule has 0 unspecified atom stereocenters. The van der Waals surface area contributed by atoms with Crippen molar-refractivity contribution < 1.29 is 4.79 Å². The number of carbonyl (C=O) groups excluding carboxylic acids is 1. The highest BCUT2D eigenvalue weighted by molar-refractivity contribution is 7.15. The Kier molecular flexibility index (Phi) is 3.04. The van der Waals surface area contributed by atoms with Crippen molar-refractivity contribution in [3.63, 3.8) is 0 Å². The van der Waals surface area contributed by atoms with Crippen LogP contribution in [0.4, 0.5) is 0 Å². The Bertz CT molecular complexity index is 697. The van der Waals surface area contributed by atoms with Crippen LogP contribution in [0, 0.1) is 6.92 Å². The van der Waals surface area contributed by atoms with Crippen LogP contribution in [0.3, 0.4) is 0 Å². The van der Waals surface area contributed by atoms with Gasteiger partial charge in [0, 0.05) is 29.7 Å². The van der Waals surface area contributed by atoms with Gasteiger partial charge in [0.2, 0.25) is 5.91 Å². The van der Waals surface area contributed by atoms with Crippen LogP contribution in [-0.2, 0) is 17.8 Å². The lowest BCUT2D eigenvalue weighted by Gasteiger charge is -2.02. The van der Waals surface area contributed by atoms with Crippen LogP contribution in [0.15, 0.2) is 24.0 Å². The van der Waals surface area contributed by atoms with Crippen LogP contribution < -0.4 is 5.32 Å². The van der Waals surface area contributed by atoms with E-state index in [4.69, 9.17) is 0 Å². The fourth-order valence-corrected chi connectivity index (χ4v) is 2.79. The molecule has 1 amide bonds. The number of H-pyrrole nitrogens is 1. The van der Waals surface area contributed by atoms with Gasteiger partial charge in [-0.2, -0.15) is 0 Å². The van der Waals surface area contributed by atoms with Gasteiger partial charge in [0.15, 0.2) is 4.96 Å². The van der Waals surface area contributed by atoms with Gasteiger partial charge in [-0.05, 0) is 6.92 Å². The van der Waals surface area contributed by atoms with E-state index in [2.05, 4.69) is 20.3 Å². The Balaban J connectivity index is 1.65. The van der Waals surface area contributed by atoms with Crippen molar-refractivity contribution in [3.8, 4) is 0 Å². The molecule has 6 nitrogen and oxygen atoms in total. The molecular formula is C12H13N5OS. The number of nitrogens with zero attached hydrogens (tertiary/aromatic N) is 3. The second-order valence-electron chi connectivity index (χ2n) is 4.25. The highest BCUT2D eigenvalue weighted by Crippen LogP contribution is 2.16. The number of hydrogen-bond acceptors (Lipinski definition) is 4. The molecular weight excluding hydrogens is 262 g/mol. The van der Waals surface area contributed by atoms with Gasteiger partial charge in [-0.3, -0.25) is 9.20 Å². The van der Waals surface area contributed by atoms with E-state index >= 15 is 0 Å². The summed E-state index contributed by atoms with van der Waals surface area (Å²) in [5.41, 5.74) is 1.92. The summed E-state index contributed by atoms with van der Waals surface area (Å²) >= 11 is 1.55. The third-order valence-corrected chi connectivity index (χ3v) is 3.64. The van der Waals surface area contributed by atoms with Crippen LogP contribution >= 0.6 is 11.3 Å². The number of hydrogen-bond donors (Lipinski definition) is 2. The summed E-state index contributed by atoms with van der Waals surface area (Å²) in [4.78, 5) is 24.2. The molecule has 7 heteroatoms. The Morgan fingerprint density at radius 2 is 2.47 bits per heavy atom. The summed E-state index contributed by atoms with van der Waals surface area (Å²) in [6.45, 7) is 2.36. The van der Waals surface area contributed by atoms with Crippen LogP contribution in [0.1, 0.15) is 17.2 Å². The summed E-state index contributed by atoms with van der Waals surface area (Å²) in [5, 5.41) is 4.80. The molecule has 0 radical (unpaired) electrons. The van der Waals surface area contributed by atoms with Gasteiger partial charge in [0.1, 0.15) is 5.82 Å². The highest BCUT2D eigenvalue weighted by Gasteiger charge is 2.10. The molecule has 98 valence electrons. The number of aryl methyl sites for hydroxylation is 1. The van der Waals surface area contributed by atoms with Crippen molar-refractivity contribution in [2.75, 3.05) is 0 Å². The fraction of sp³-hybridized carbons (Fsp3) is 0.250. The predicted molar refractivity (Wildman–Crippen MR) is 71.9 cm³/mol. The van der Waals surface area contributed by atoms with E-state index in [1.165, 1.54) is 0 Å². The largest absolute Gasteiger partial charge is 0.349 e. The Hall–Kier alpha value is -2.15. The summed E-state index contributed by atoms with van der Waals surface area (Å²) in [5.74, 6) is 0.727. The van der Waals surface area contributed by atoms with Crippen molar-refractivity contribution in [1.82, 2.24) is 24.7 Å². The number of rotatable bonds is 4. The smallest absolute Gasteiger partial charge is 0.226 e. The molecule has 0 bridgehead atoms. The van der Waals surface area contributed by atoms with Gasteiger partial charge in [-0.15, -0.1) is 11.3 Å². The van der Waals surface area contributed by atoms with Gasteiger partial charge < -0.3 is 10.3 Å². The zero-order valence-corrected chi connectivity index (χ0v) is 11.2. The maximum atomic E-state index is 11.9. The van der Waals surface area contributed by atoms with Gasteiger partial charge in [-0.25, -0.2) is 9.97 Å². The van der Waals surface area contributed by atoms with Crippen LogP contribution in [-0.4, -0.2) is 25.3 Å². The lowest BCUT2D eigenvalue weighted by Crippen LogP contribution is -2.25. The molecule has 0 saturated heterocycles. The van der Waals surface area contributed by atoms with Gasteiger partial charge in [0.05, 0.1) is 18.7 Å². The first-order valence-corrected chi connectivity index (χ1v) is 6.77. The average molecular weight is 275 g/mol. The molecule has 3 rings (SSSR count). The second kappa shape index (κ2) is 4.85. The maximum absolute atomic E-state index is 11.9. The number of amides is 1. The Morgan fingerprint density at radius 1 is 1.58 bits per heavy atom. The first kappa shape index (κ1) is 11.9. The molecule has 3 aromatic rings. The van der Waals surface area contributed by atoms with E-state index in [1.807, 2.05) is 22.9 Å². The fourth-order valence-electron chi connectivity index (χ4n) is 1.87. The second-order valence-corrected chi connectivity index (χ2v) is 5.09. The third-order valence-electron chi connectivity index (χ3n) is 2.75. The number of nitrogens with one attached hydrogen (secondary N) is 2. The van der Waals surface area contributed by atoms with Crippen molar-refractivity contribution >= 4 is 22.2 Å². The quantitative estimate of drug-likeness (QED) is 0.753. The maximum Gasteiger partial charge on any atom is 0.226 e. The minimum atomic E-state index is -0.0255. The van der Waals surface area contributed by atoms with E-state index in [9.17, 15) is 4.79 Å². The molecule has 2 N–H and O–H groups in total. The third kappa shape index (κ3) is 2.50. The summed E-state index contributed by atoms with van der Waals surface area (Å²) < 4.78 is 1.96. The molecule has 0 aromatic carbocycles. The summed E-state index contributed by atoms with van der Waals surface area (Å²) in [6.07, 6.45) is 5.69. The van der Waals surface area contributed by atoms with Gasteiger partial charge >= 0.3 is 0 Å². The van der Waals surface area contributed by atoms with Crippen molar-refractivity contribution in [1.29, 1.82) is 0 Å². The first-order valence-electron chi connectivity index (χ1n) is 5.89. The Labute approximate surface area is 113 Å². The number of imidazole rings is 2. The Morgan fingerprint density at radius 3 is 3.26 bits per heavy atom. The number of thiazole rings is 1. The molecule has 3 heterocycles. The normalized spacial score (nSPS) is 11.0. The minimum Gasteiger partial charge on any atom is -0.349 e. The minimum absolute atomic E-state index is 0.0255. The average Bonchev–Trinajstić information content (AvgIpc) is 3.06. The summed E-state index contributed by atoms with van der Waals surface area (Å²) in [7, 11) is 0. The molecule has 3 aromatic heterocycles.